The molecule has 172 valence electrons. The first-order chi connectivity index (χ1) is 17.0. The topological polar surface area (TPSA) is 24.4 Å². The van der Waals surface area contributed by atoms with E-state index < -0.39 is 0 Å². The molecule has 0 unspecified atom stereocenters. The van der Waals surface area contributed by atoms with Crippen molar-refractivity contribution in [1.29, 1.82) is 0 Å². The first-order valence-electron chi connectivity index (χ1n) is 11.8. The smallest absolute Gasteiger partial charge is 0.0681 e. The van der Waals surface area contributed by atoms with E-state index in [1.54, 1.807) is 0 Å². The number of hydrogen-bond donors (Lipinski definition) is 1. The van der Waals surface area contributed by atoms with Crippen molar-refractivity contribution in [2.24, 2.45) is 4.99 Å². The number of nitrogens with zero attached hydrogens (tertiary/aromatic N) is 1. The van der Waals surface area contributed by atoms with Crippen LogP contribution in [0.15, 0.2) is 96.0 Å². The molecular weight excluding hydrogens is 464 g/mol. The highest BCUT2D eigenvalue weighted by Gasteiger charge is 2.35. The molecule has 35 heavy (non-hydrogen) atoms. The van der Waals surface area contributed by atoms with Crippen molar-refractivity contribution in [2.45, 2.75) is 19.3 Å². The number of rotatable bonds is 5. The molecule has 6 rings (SSSR count). The highest BCUT2D eigenvalue weighted by atomic mass is 32.1. The van der Waals surface area contributed by atoms with Gasteiger partial charge in [-0.25, -0.2) is 0 Å². The maximum absolute atomic E-state index is 5.02. The standard InChI is InChI=1S/C31H26N2S2/c1-31(2)29(33-25-15-10-20-6-4-5-7-24(20)30(25)31)19-14-23-13-16-27(34-23)28-18-17-26(35-28)21-8-11-22(32-3)12-9-21/h4-19,32H,1-3H3. The second kappa shape index (κ2) is 8.63. The Hall–Kier alpha value is -3.47. The number of nitrogens with one attached hydrogen (secondary N) is 1. The molecule has 2 aromatic heterocycles. The number of fused-ring (bicyclic) bond motifs is 3. The lowest BCUT2D eigenvalue weighted by Crippen LogP contribution is -2.24. The summed E-state index contributed by atoms with van der Waals surface area (Å²) in [7, 11) is 1.95. The molecule has 4 heteroatoms. The van der Waals surface area contributed by atoms with E-state index in [0.717, 1.165) is 17.1 Å². The van der Waals surface area contributed by atoms with E-state index in [-0.39, 0.29) is 5.41 Å². The fourth-order valence-corrected chi connectivity index (χ4v) is 6.83. The Morgan fingerprint density at radius 2 is 1.49 bits per heavy atom. The van der Waals surface area contributed by atoms with Crippen molar-refractivity contribution in [3.05, 3.63) is 101 Å². The van der Waals surface area contributed by atoms with Crippen LogP contribution in [-0.4, -0.2) is 12.8 Å². The van der Waals surface area contributed by atoms with E-state index >= 15 is 0 Å². The summed E-state index contributed by atoms with van der Waals surface area (Å²) in [6.07, 6.45) is 4.42. The number of allylic oxidation sites excluding steroid dienone is 1. The molecule has 0 spiro atoms. The Bertz CT molecular complexity index is 1600. The second-order valence-electron chi connectivity index (χ2n) is 9.33. The summed E-state index contributed by atoms with van der Waals surface area (Å²) in [6.45, 7) is 4.56. The Morgan fingerprint density at radius 3 is 2.31 bits per heavy atom. The summed E-state index contributed by atoms with van der Waals surface area (Å²) in [5, 5.41) is 5.75. The van der Waals surface area contributed by atoms with Crippen molar-refractivity contribution < 1.29 is 0 Å². The lowest BCUT2D eigenvalue weighted by atomic mass is 9.79. The van der Waals surface area contributed by atoms with E-state index in [2.05, 4.69) is 116 Å². The van der Waals surface area contributed by atoms with Gasteiger partial charge in [0, 0.05) is 37.7 Å². The van der Waals surface area contributed by atoms with Crippen LogP contribution >= 0.6 is 22.7 Å². The SMILES string of the molecule is CNc1ccc(-c2ccc(-c3ccc(C=CC4=Nc5ccc6ccccc6c5C4(C)C)s3)s2)cc1. The normalized spacial score (nSPS) is 14.4. The molecule has 0 radical (unpaired) electrons. The minimum atomic E-state index is -0.127. The summed E-state index contributed by atoms with van der Waals surface area (Å²) in [5.74, 6) is 0. The van der Waals surface area contributed by atoms with Crippen molar-refractivity contribution in [3.8, 4) is 20.2 Å². The lowest BCUT2D eigenvalue weighted by molar-refractivity contribution is 0.747. The molecule has 1 aliphatic heterocycles. The largest absolute Gasteiger partial charge is 0.388 e. The highest BCUT2D eigenvalue weighted by Crippen LogP contribution is 2.45. The second-order valence-corrected chi connectivity index (χ2v) is 11.5. The average Bonchev–Trinajstić information content (AvgIpc) is 3.61. The summed E-state index contributed by atoms with van der Waals surface area (Å²) >= 11 is 3.67. The van der Waals surface area contributed by atoms with E-state index in [9.17, 15) is 0 Å². The van der Waals surface area contributed by atoms with Crippen LogP contribution in [0.1, 0.15) is 24.3 Å². The zero-order valence-electron chi connectivity index (χ0n) is 20.0. The molecule has 0 saturated carbocycles. The molecule has 0 aliphatic carbocycles. The predicted molar refractivity (Wildman–Crippen MR) is 156 cm³/mol. The Balaban J connectivity index is 1.24. The molecule has 0 atom stereocenters. The van der Waals surface area contributed by atoms with Gasteiger partial charge in [0.05, 0.1) is 11.4 Å². The van der Waals surface area contributed by atoms with Crippen LogP contribution in [0.4, 0.5) is 11.4 Å². The molecule has 3 aromatic carbocycles. The van der Waals surface area contributed by atoms with Gasteiger partial charge in [0.2, 0.25) is 0 Å². The highest BCUT2D eigenvalue weighted by molar-refractivity contribution is 7.24. The molecule has 3 heterocycles. The molecule has 1 aliphatic rings. The molecule has 1 N–H and O–H groups in total. The Morgan fingerprint density at radius 1 is 0.743 bits per heavy atom. The third-order valence-corrected chi connectivity index (χ3v) is 9.13. The van der Waals surface area contributed by atoms with E-state index in [4.69, 9.17) is 4.99 Å². The number of thiophene rings is 2. The van der Waals surface area contributed by atoms with Crippen LogP contribution in [0.25, 0.3) is 37.0 Å². The van der Waals surface area contributed by atoms with Crippen LogP contribution in [-0.2, 0) is 5.41 Å². The Labute approximate surface area is 214 Å². The zero-order chi connectivity index (χ0) is 24.0. The van der Waals surface area contributed by atoms with Gasteiger partial charge in [-0.2, -0.15) is 0 Å². The maximum atomic E-state index is 5.02. The van der Waals surface area contributed by atoms with Gasteiger partial charge in [0.25, 0.3) is 0 Å². The first-order valence-corrected chi connectivity index (χ1v) is 13.4. The monoisotopic (exact) mass is 490 g/mol. The maximum Gasteiger partial charge on any atom is 0.0681 e. The van der Waals surface area contributed by atoms with Gasteiger partial charge in [-0.15, -0.1) is 22.7 Å². The quantitative estimate of drug-likeness (QED) is 0.261. The minimum absolute atomic E-state index is 0.127. The van der Waals surface area contributed by atoms with Gasteiger partial charge in [-0.1, -0.05) is 56.3 Å². The average molecular weight is 491 g/mol. The van der Waals surface area contributed by atoms with Gasteiger partial charge < -0.3 is 5.32 Å². The predicted octanol–water partition coefficient (Wildman–Crippen LogP) is 9.42. The molecular formula is C31H26N2S2. The number of anilines is 1. The lowest BCUT2D eigenvalue weighted by Gasteiger charge is -2.22. The molecule has 2 nitrogen and oxygen atoms in total. The van der Waals surface area contributed by atoms with Gasteiger partial charge in [0.1, 0.15) is 0 Å². The third kappa shape index (κ3) is 3.93. The summed E-state index contributed by atoms with van der Waals surface area (Å²) in [5.41, 5.74) is 5.79. The van der Waals surface area contributed by atoms with Crippen molar-refractivity contribution in [3.63, 3.8) is 0 Å². The van der Waals surface area contributed by atoms with Crippen molar-refractivity contribution in [1.82, 2.24) is 0 Å². The van der Waals surface area contributed by atoms with E-state index in [0.29, 0.717) is 0 Å². The Kier molecular flexibility index (Phi) is 5.43. The number of benzene rings is 3. The fourth-order valence-electron chi connectivity index (χ4n) is 4.82. The fraction of sp³-hybridized carbons (Fsp3) is 0.129. The molecule has 0 fully saturated rings. The zero-order valence-corrected chi connectivity index (χ0v) is 21.6. The first kappa shape index (κ1) is 22.0. The van der Waals surface area contributed by atoms with Crippen LogP contribution < -0.4 is 5.32 Å². The van der Waals surface area contributed by atoms with Crippen LogP contribution in [0, 0.1) is 0 Å². The third-order valence-electron chi connectivity index (χ3n) is 6.75. The van der Waals surface area contributed by atoms with E-state index in [1.165, 1.54) is 41.4 Å². The summed E-state index contributed by atoms with van der Waals surface area (Å²) < 4.78 is 0. The van der Waals surface area contributed by atoms with Gasteiger partial charge in [-0.05, 0) is 76.5 Å². The summed E-state index contributed by atoms with van der Waals surface area (Å²) in [4.78, 5) is 10.2. The van der Waals surface area contributed by atoms with E-state index in [1.807, 2.05) is 29.7 Å². The number of aliphatic imine (C=N–C) groups is 1. The van der Waals surface area contributed by atoms with Crippen LogP contribution in [0.2, 0.25) is 0 Å². The van der Waals surface area contributed by atoms with Gasteiger partial charge in [-0.3, -0.25) is 4.99 Å². The number of hydrogen-bond acceptors (Lipinski definition) is 4. The molecule has 0 amide bonds. The minimum Gasteiger partial charge on any atom is -0.388 e. The molecule has 5 aromatic rings. The van der Waals surface area contributed by atoms with Crippen molar-refractivity contribution >= 4 is 56.6 Å². The van der Waals surface area contributed by atoms with Crippen molar-refractivity contribution in [2.75, 3.05) is 12.4 Å². The van der Waals surface area contributed by atoms with Crippen LogP contribution in [0.5, 0.6) is 0 Å². The molecule has 0 saturated heterocycles. The van der Waals surface area contributed by atoms with Crippen LogP contribution in [0.3, 0.4) is 0 Å². The summed E-state index contributed by atoms with van der Waals surface area (Å²) in [6, 6.07) is 30.4. The van der Waals surface area contributed by atoms with Gasteiger partial charge >= 0.3 is 0 Å². The molecule has 0 bridgehead atoms. The van der Waals surface area contributed by atoms with Gasteiger partial charge in [0.15, 0.2) is 0 Å².